The van der Waals surface area contributed by atoms with Crippen LogP contribution in [0.15, 0.2) is 43.8 Å². The highest BCUT2D eigenvalue weighted by atomic mass is 16.4. The number of aliphatic hydroxyl groups is 1. The zero-order chi connectivity index (χ0) is 15.6. The number of aromatic nitrogens is 2. The minimum atomic E-state index is -0.0693. The molecular formula is C16H17N3O4. The summed E-state index contributed by atoms with van der Waals surface area (Å²) in [7, 11) is 0. The van der Waals surface area contributed by atoms with Gasteiger partial charge in [0.1, 0.15) is 18.1 Å². The highest BCUT2D eigenvalue weighted by Crippen LogP contribution is 2.29. The van der Waals surface area contributed by atoms with Crippen LogP contribution >= 0.6 is 0 Å². The highest BCUT2D eigenvalue weighted by Gasteiger charge is 2.29. The van der Waals surface area contributed by atoms with Gasteiger partial charge in [-0.15, -0.1) is 10.2 Å². The maximum absolute atomic E-state index is 9.04. The fraction of sp³-hybridized carbons (Fsp3) is 0.375. The van der Waals surface area contributed by atoms with Crippen LogP contribution in [0, 0.1) is 0 Å². The van der Waals surface area contributed by atoms with E-state index in [0.29, 0.717) is 23.3 Å². The summed E-state index contributed by atoms with van der Waals surface area (Å²) in [4.78, 5) is 2.28. The lowest BCUT2D eigenvalue weighted by Crippen LogP contribution is -2.19. The van der Waals surface area contributed by atoms with Crippen molar-refractivity contribution < 1.29 is 18.4 Å². The minimum absolute atomic E-state index is 0.0693. The predicted molar refractivity (Wildman–Crippen MR) is 79.3 cm³/mol. The maximum atomic E-state index is 9.04. The van der Waals surface area contributed by atoms with Gasteiger partial charge in [-0.1, -0.05) is 0 Å². The second-order valence-electron chi connectivity index (χ2n) is 5.67. The molecule has 4 rings (SSSR count). The number of hydrogen-bond donors (Lipinski definition) is 1. The van der Waals surface area contributed by atoms with Gasteiger partial charge in [0.2, 0.25) is 5.89 Å². The molecule has 0 spiro atoms. The van der Waals surface area contributed by atoms with Crippen LogP contribution in [-0.2, 0) is 13.2 Å². The lowest BCUT2D eigenvalue weighted by atomic mass is 10.1. The molecule has 23 heavy (non-hydrogen) atoms. The normalized spacial score (nSPS) is 18.7. The van der Waals surface area contributed by atoms with Crippen molar-refractivity contribution in [3.8, 4) is 11.7 Å². The maximum Gasteiger partial charge on any atom is 0.283 e. The Morgan fingerprint density at radius 2 is 2.09 bits per heavy atom. The molecule has 1 fully saturated rings. The molecule has 0 aliphatic carbocycles. The molecule has 1 saturated heterocycles. The van der Waals surface area contributed by atoms with Crippen LogP contribution in [0.25, 0.3) is 11.7 Å². The molecule has 1 aliphatic heterocycles. The number of furan rings is 2. The SMILES string of the molecule is OCc1ccc(CN2CC[C@H](c3nnc(-c4ccco4)o3)C2)o1. The first-order valence-corrected chi connectivity index (χ1v) is 7.60. The zero-order valence-electron chi connectivity index (χ0n) is 12.5. The van der Waals surface area contributed by atoms with Crippen molar-refractivity contribution in [2.45, 2.75) is 25.5 Å². The number of aliphatic hydroxyl groups excluding tert-OH is 1. The quantitative estimate of drug-likeness (QED) is 0.773. The summed E-state index contributed by atoms with van der Waals surface area (Å²) in [5.41, 5.74) is 0. The van der Waals surface area contributed by atoms with Crippen LogP contribution in [0.1, 0.15) is 29.7 Å². The van der Waals surface area contributed by atoms with Gasteiger partial charge in [0, 0.05) is 6.54 Å². The largest absolute Gasteiger partial charge is 0.462 e. The third-order valence-corrected chi connectivity index (χ3v) is 4.05. The second kappa shape index (κ2) is 6.02. The van der Waals surface area contributed by atoms with E-state index < -0.39 is 0 Å². The van der Waals surface area contributed by atoms with E-state index in [4.69, 9.17) is 18.4 Å². The topological polar surface area (TPSA) is 88.7 Å². The molecule has 0 amide bonds. The molecule has 120 valence electrons. The van der Waals surface area contributed by atoms with Gasteiger partial charge < -0.3 is 18.4 Å². The van der Waals surface area contributed by atoms with E-state index in [1.807, 2.05) is 6.07 Å². The molecule has 3 aromatic heterocycles. The van der Waals surface area contributed by atoms with Crippen molar-refractivity contribution in [2.24, 2.45) is 0 Å². The van der Waals surface area contributed by atoms with Gasteiger partial charge in [-0.25, -0.2) is 0 Å². The number of hydrogen-bond acceptors (Lipinski definition) is 7. The monoisotopic (exact) mass is 315 g/mol. The van der Waals surface area contributed by atoms with E-state index in [0.717, 1.165) is 31.8 Å². The van der Waals surface area contributed by atoms with E-state index in [-0.39, 0.29) is 12.5 Å². The molecule has 0 radical (unpaired) electrons. The van der Waals surface area contributed by atoms with Gasteiger partial charge in [-0.2, -0.15) is 0 Å². The minimum Gasteiger partial charge on any atom is -0.462 e. The van der Waals surface area contributed by atoms with E-state index in [1.54, 1.807) is 24.5 Å². The molecule has 7 nitrogen and oxygen atoms in total. The summed E-state index contributed by atoms with van der Waals surface area (Å²) in [6.45, 7) is 2.43. The molecule has 1 atom stereocenters. The fourth-order valence-corrected chi connectivity index (χ4v) is 2.89. The second-order valence-corrected chi connectivity index (χ2v) is 5.67. The Hall–Kier alpha value is -2.38. The third-order valence-electron chi connectivity index (χ3n) is 4.05. The van der Waals surface area contributed by atoms with Crippen molar-refractivity contribution in [1.82, 2.24) is 15.1 Å². The Morgan fingerprint density at radius 3 is 2.87 bits per heavy atom. The Labute approximate surface area is 132 Å². The molecular weight excluding hydrogens is 298 g/mol. The molecule has 1 aliphatic rings. The van der Waals surface area contributed by atoms with E-state index in [2.05, 4.69) is 15.1 Å². The summed E-state index contributed by atoms with van der Waals surface area (Å²) in [6, 6.07) is 7.30. The first kappa shape index (κ1) is 14.2. The molecule has 0 bridgehead atoms. The molecule has 0 unspecified atom stereocenters. The summed E-state index contributed by atoms with van der Waals surface area (Å²) in [5, 5.41) is 17.2. The molecule has 7 heteroatoms. The van der Waals surface area contributed by atoms with E-state index >= 15 is 0 Å². The average molecular weight is 315 g/mol. The molecule has 3 aromatic rings. The van der Waals surface area contributed by atoms with Gasteiger partial charge >= 0.3 is 0 Å². The van der Waals surface area contributed by atoms with Gasteiger partial charge in [0.15, 0.2) is 5.76 Å². The summed E-state index contributed by atoms with van der Waals surface area (Å²) >= 11 is 0. The van der Waals surface area contributed by atoms with E-state index in [9.17, 15) is 0 Å². The summed E-state index contributed by atoms with van der Waals surface area (Å²) < 4.78 is 16.5. The van der Waals surface area contributed by atoms with Crippen molar-refractivity contribution in [3.63, 3.8) is 0 Å². The van der Waals surface area contributed by atoms with Crippen molar-refractivity contribution in [1.29, 1.82) is 0 Å². The van der Waals surface area contributed by atoms with Crippen LogP contribution < -0.4 is 0 Å². The van der Waals surface area contributed by atoms with Crippen LogP contribution in [0.5, 0.6) is 0 Å². The number of likely N-dealkylation sites (tertiary alicyclic amines) is 1. The third kappa shape index (κ3) is 2.93. The first-order chi connectivity index (χ1) is 11.3. The standard InChI is InChI=1S/C16H17N3O4/c20-10-13-4-3-12(22-13)9-19-6-5-11(8-19)15-17-18-16(23-15)14-2-1-7-21-14/h1-4,7,11,20H,5-6,8-10H2/t11-/m0/s1. The summed E-state index contributed by atoms with van der Waals surface area (Å²) in [5.74, 6) is 3.33. The number of rotatable bonds is 5. The van der Waals surface area contributed by atoms with Gasteiger partial charge in [-0.05, 0) is 37.2 Å². The van der Waals surface area contributed by atoms with Crippen molar-refractivity contribution in [3.05, 3.63) is 47.9 Å². The van der Waals surface area contributed by atoms with Crippen LogP contribution in [-0.4, -0.2) is 33.3 Å². The van der Waals surface area contributed by atoms with Crippen molar-refractivity contribution in [2.75, 3.05) is 13.1 Å². The molecule has 0 aromatic carbocycles. The lowest BCUT2D eigenvalue weighted by molar-refractivity contribution is 0.231. The average Bonchev–Trinajstić information content (AvgIpc) is 3.34. The molecule has 0 saturated carbocycles. The number of nitrogens with zero attached hydrogens (tertiary/aromatic N) is 3. The Balaban J connectivity index is 1.40. The Morgan fingerprint density at radius 1 is 1.17 bits per heavy atom. The lowest BCUT2D eigenvalue weighted by Gasteiger charge is -2.12. The Bertz CT molecular complexity index is 762. The van der Waals surface area contributed by atoms with Gasteiger partial charge in [0.25, 0.3) is 5.89 Å². The molecule has 1 N–H and O–H groups in total. The van der Waals surface area contributed by atoms with Crippen LogP contribution in [0.4, 0.5) is 0 Å². The van der Waals surface area contributed by atoms with Gasteiger partial charge in [-0.3, -0.25) is 4.90 Å². The molecule has 4 heterocycles. The summed E-state index contributed by atoms with van der Waals surface area (Å²) in [6.07, 6.45) is 2.55. The van der Waals surface area contributed by atoms with Crippen molar-refractivity contribution >= 4 is 0 Å². The zero-order valence-corrected chi connectivity index (χ0v) is 12.5. The van der Waals surface area contributed by atoms with Gasteiger partial charge in [0.05, 0.1) is 18.7 Å². The van der Waals surface area contributed by atoms with Crippen LogP contribution in [0.2, 0.25) is 0 Å². The highest BCUT2D eigenvalue weighted by molar-refractivity contribution is 5.42. The Kier molecular flexibility index (Phi) is 3.72. The first-order valence-electron chi connectivity index (χ1n) is 7.60. The van der Waals surface area contributed by atoms with Crippen LogP contribution in [0.3, 0.4) is 0 Å². The fourth-order valence-electron chi connectivity index (χ4n) is 2.89. The predicted octanol–water partition coefficient (Wildman–Crippen LogP) is 2.40. The van der Waals surface area contributed by atoms with E-state index in [1.165, 1.54) is 0 Å². The smallest absolute Gasteiger partial charge is 0.283 e.